The van der Waals surface area contributed by atoms with Gasteiger partial charge >= 0.3 is 5.97 Å². The molecule has 43 heavy (non-hydrogen) atoms. The highest BCUT2D eigenvalue weighted by Gasteiger charge is 2.15. The number of carboxylic acid groups (broad SMARTS) is 1. The normalized spacial score (nSPS) is 10.7. The number of amides is 1. The van der Waals surface area contributed by atoms with Crippen molar-refractivity contribution in [3.63, 3.8) is 0 Å². The van der Waals surface area contributed by atoms with Crippen molar-refractivity contribution >= 4 is 28.3 Å². The third-order valence-electron chi connectivity index (χ3n) is 6.87. The summed E-state index contributed by atoms with van der Waals surface area (Å²) in [6.45, 7) is 2.00. The Hall–Kier alpha value is -4.95. The molecule has 218 valence electrons. The van der Waals surface area contributed by atoms with E-state index in [4.69, 9.17) is 14.8 Å². The molecule has 0 spiro atoms. The van der Waals surface area contributed by atoms with E-state index >= 15 is 0 Å². The molecule has 0 saturated heterocycles. The van der Waals surface area contributed by atoms with Gasteiger partial charge in [0.1, 0.15) is 12.4 Å². The lowest BCUT2D eigenvalue weighted by atomic mass is 10.1. The number of carbonyl (C=O) groups excluding carboxylic acids is 1. The van der Waals surface area contributed by atoms with Gasteiger partial charge in [0, 0.05) is 36.1 Å². The number of aliphatic carboxylic acids is 1. The first kappa shape index (κ1) is 29.5. The van der Waals surface area contributed by atoms with Crippen LogP contribution in [0.4, 0.5) is 5.13 Å². The first-order valence-electron chi connectivity index (χ1n) is 14.1. The molecule has 0 atom stereocenters. The second-order valence-electron chi connectivity index (χ2n) is 10.1. The Morgan fingerprint density at radius 1 is 0.837 bits per heavy atom. The highest BCUT2D eigenvalue weighted by molar-refractivity contribution is 7.14. The molecule has 0 aliphatic rings. The summed E-state index contributed by atoms with van der Waals surface area (Å²) in [5, 5.41) is 14.4. The first-order valence-corrected chi connectivity index (χ1v) is 15.0. The van der Waals surface area contributed by atoms with Crippen LogP contribution in [0.5, 0.6) is 5.75 Å². The van der Waals surface area contributed by atoms with Crippen LogP contribution in [-0.2, 0) is 24.4 Å². The minimum Gasteiger partial charge on any atom is -0.489 e. The number of rotatable bonds is 14. The summed E-state index contributed by atoms with van der Waals surface area (Å²) in [6, 6.07) is 35.9. The van der Waals surface area contributed by atoms with E-state index in [-0.39, 0.29) is 18.9 Å². The number of carboxylic acids is 1. The number of carbonyl (C=O) groups is 2. The lowest BCUT2D eigenvalue weighted by molar-refractivity contribution is -0.136. The number of ether oxygens (including phenoxy) is 1. The zero-order valence-corrected chi connectivity index (χ0v) is 24.5. The van der Waals surface area contributed by atoms with Crippen molar-refractivity contribution in [2.75, 3.05) is 18.0 Å². The summed E-state index contributed by atoms with van der Waals surface area (Å²) in [4.78, 5) is 30.4. The lowest BCUT2D eigenvalue weighted by Gasteiger charge is -2.22. The molecule has 7 nitrogen and oxygen atoms in total. The van der Waals surface area contributed by atoms with E-state index in [2.05, 4.69) is 27.7 Å². The summed E-state index contributed by atoms with van der Waals surface area (Å²) in [5.74, 6) is -0.433. The Morgan fingerprint density at radius 3 is 2.28 bits per heavy atom. The summed E-state index contributed by atoms with van der Waals surface area (Å²) in [7, 11) is 0. The average Bonchev–Trinajstić information content (AvgIpc) is 3.54. The maximum atomic E-state index is 12.4. The average molecular weight is 592 g/mol. The smallest absolute Gasteiger partial charge is 0.305 e. The Bertz CT molecular complexity index is 1620. The van der Waals surface area contributed by atoms with Gasteiger partial charge in [-0.2, -0.15) is 0 Å². The molecule has 0 radical (unpaired) electrons. The molecule has 2 N–H and O–H groups in total. The van der Waals surface area contributed by atoms with Crippen molar-refractivity contribution < 1.29 is 19.4 Å². The molecular formula is C35H33N3O4S. The topological polar surface area (TPSA) is 91.8 Å². The highest BCUT2D eigenvalue weighted by atomic mass is 32.1. The quantitative estimate of drug-likeness (QED) is 0.147. The fraction of sp³-hybridized carbons (Fsp3) is 0.171. The largest absolute Gasteiger partial charge is 0.489 e. The van der Waals surface area contributed by atoms with Gasteiger partial charge in [0.15, 0.2) is 5.13 Å². The zero-order chi connectivity index (χ0) is 29.9. The van der Waals surface area contributed by atoms with Crippen molar-refractivity contribution in [1.29, 1.82) is 0 Å². The van der Waals surface area contributed by atoms with Gasteiger partial charge in [0.25, 0.3) is 5.91 Å². The van der Waals surface area contributed by atoms with E-state index in [1.807, 2.05) is 84.9 Å². The number of hydrogen-bond donors (Lipinski definition) is 2. The van der Waals surface area contributed by atoms with Crippen LogP contribution in [0, 0.1) is 0 Å². The summed E-state index contributed by atoms with van der Waals surface area (Å²) >= 11 is 1.60. The predicted molar refractivity (Wildman–Crippen MR) is 171 cm³/mol. The predicted octanol–water partition coefficient (Wildman–Crippen LogP) is 6.84. The molecule has 1 aromatic heterocycles. The summed E-state index contributed by atoms with van der Waals surface area (Å²) in [5.41, 5.74) is 5.79. The van der Waals surface area contributed by atoms with Crippen LogP contribution >= 0.6 is 11.3 Å². The van der Waals surface area contributed by atoms with Crippen molar-refractivity contribution in [1.82, 2.24) is 10.3 Å². The molecule has 0 unspecified atom stereocenters. The molecule has 1 amide bonds. The van der Waals surface area contributed by atoms with Gasteiger partial charge in [-0.3, -0.25) is 9.59 Å². The monoisotopic (exact) mass is 591 g/mol. The van der Waals surface area contributed by atoms with Crippen molar-refractivity contribution in [2.24, 2.45) is 0 Å². The van der Waals surface area contributed by atoms with Gasteiger partial charge < -0.3 is 20.1 Å². The third-order valence-corrected chi connectivity index (χ3v) is 7.77. The van der Waals surface area contributed by atoms with E-state index in [0.29, 0.717) is 18.7 Å². The molecule has 4 aromatic carbocycles. The van der Waals surface area contributed by atoms with Crippen LogP contribution in [0.2, 0.25) is 0 Å². The van der Waals surface area contributed by atoms with Crippen LogP contribution in [0.3, 0.4) is 0 Å². The van der Waals surface area contributed by atoms with Crippen molar-refractivity contribution in [2.45, 2.75) is 26.0 Å². The van der Waals surface area contributed by atoms with Crippen LogP contribution in [0.1, 0.15) is 33.5 Å². The number of nitrogens with zero attached hydrogens (tertiary/aromatic N) is 2. The van der Waals surface area contributed by atoms with E-state index in [0.717, 1.165) is 46.2 Å². The fourth-order valence-electron chi connectivity index (χ4n) is 4.55. The van der Waals surface area contributed by atoms with Gasteiger partial charge in [-0.15, -0.1) is 11.3 Å². The number of benzene rings is 4. The van der Waals surface area contributed by atoms with Crippen LogP contribution in [0.15, 0.2) is 115 Å². The fourth-order valence-corrected chi connectivity index (χ4v) is 5.41. The standard InChI is InChI=1S/C35H33N3O4S/c39-33(40)18-20-36-34(41)29-16-14-27(15-17-29)23-38(21-19-26-8-3-1-4-9-26)35-37-32(25-43-35)30-12-7-13-31(22-30)42-24-28-10-5-2-6-11-28/h1-17,22,25H,18-21,23-24H2,(H,36,41)(H,39,40). The summed E-state index contributed by atoms with van der Waals surface area (Å²) < 4.78 is 6.04. The zero-order valence-electron chi connectivity index (χ0n) is 23.7. The van der Waals surface area contributed by atoms with Gasteiger partial charge in [0.2, 0.25) is 0 Å². The van der Waals surface area contributed by atoms with E-state index in [1.165, 1.54) is 5.56 Å². The third kappa shape index (κ3) is 8.77. The number of thiazole rings is 1. The van der Waals surface area contributed by atoms with Gasteiger partial charge in [-0.1, -0.05) is 84.9 Å². The minimum atomic E-state index is -0.944. The second-order valence-corrected chi connectivity index (χ2v) is 10.9. The molecular weight excluding hydrogens is 558 g/mol. The molecule has 5 aromatic rings. The first-order chi connectivity index (χ1) is 21.0. The van der Waals surface area contributed by atoms with E-state index < -0.39 is 5.97 Å². The molecule has 0 aliphatic carbocycles. The van der Waals surface area contributed by atoms with Crippen molar-refractivity contribution in [3.8, 4) is 17.0 Å². The van der Waals surface area contributed by atoms with Crippen LogP contribution in [-0.4, -0.2) is 35.1 Å². The Morgan fingerprint density at radius 2 is 1.56 bits per heavy atom. The molecule has 0 fully saturated rings. The summed E-state index contributed by atoms with van der Waals surface area (Å²) in [6.07, 6.45) is 0.754. The van der Waals surface area contributed by atoms with Gasteiger partial charge in [-0.05, 0) is 47.4 Å². The second kappa shape index (κ2) is 14.8. The maximum Gasteiger partial charge on any atom is 0.305 e. The molecule has 8 heteroatoms. The number of anilines is 1. The van der Waals surface area contributed by atoms with E-state index in [1.54, 1.807) is 23.5 Å². The van der Waals surface area contributed by atoms with E-state index in [9.17, 15) is 9.59 Å². The van der Waals surface area contributed by atoms with Gasteiger partial charge in [-0.25, -0.2) is 4.98 Å². The minimum absolute atomic E-state index is 0.0949. The molecule has 0 bridgehead atoms. The molecule has 1 heterocycles. The number of aromatic nitrogens is 1. The molecule has 0 aliphatic heterocycles. The Balaban J connectivity index is 1.29. The number of nitrogens with one attached hydrogen (secondary N) is 1. The Kier molecular flexibility index (Phi) is 10.2. The molecule has 0 saturated carbocycles. The Labute approximate surface area is 255 Å². The van der Waals surface area contributed by atoms with Crippen molar-refractivity contribution in [3.05, 3.63) is 137 Å². The van der Waals surface area contributed by atoms with Gasteiger partial charge in [0.05, 0.1) is 12.1 Å². The van der Waals surface area contributed by atoms with Crippen LogP contribution < -0.4 is 15.0 Å². The lowest BCUT2D eigenvalue weighted by Crippen LogP contribution is -2.26. The number of hydrogen-bond acceptors (Lipinski definition) is 6. The SMILES string of the molecule is O=C(O)CCNC(=O)c1ccc(CN(CCc2ccccc2)c2nc(-c3cccc(OCc4ccccc4)c3)cs2)cc1. The highest BCUT2D eigenvalue weighted by Crippen LogP contribution is 2.31. The molecule has 5 rings (SSSR count). The van der Waals surface area contributed by atoms with Crippen LogP contribution in [0.25, 0.3) is 11.3 Å². The maximum absolute atomic E-state index is 12.4.